The summed E-state index contributed by atoms with van der Waals surface area (Å²) in [6, 6.07) is 0. The molecule has 0 rings (SSSR count). The van der Waals surface area contributed by atoms with Crippen molar-refractivity contribution in [1.82, 2.24) is 0 Å². The fourth-order valence-corrected chi connectivity index (χ4v) is 1.37. The molecule has 0 saturated carbocycles. The highest BCUT2D eigenvalue weighted by Crippen LogP contribution is 2.19. The second-order valence-corrected chi connectivity index (χ2v) is 3.59. The molecule has 2 atom stereocenters. The van der Waals surface area contributed by atoms with Crippen molar-refractivity contribution < 1.29 is 0 Å². The van der Waals surface area contributed by atoms with Crippen LogP contribution >= 0.6 is 0 Å². The van der Waals surface area contributed by atoms with Crippen molar-refractivity contribution in [2.45, 2.75) is 39.5 Å². The number of hydrogen-bond acceptors (Lipinski definition) is 0. The average molecular weight is 166 g/mol. The van der Waals surface area contributed by atoms with Gasteiger partial charge in [-0.2, -0.15) is 0 Å². The highest BCUT2D eigenvalue weighted by molar-refractivity contribution is 4.85. The molecule has 12 heavy (non-hydrogen) atoms. The molecule has 0 fully saturated rings. The van der Waals surface area contributed by atoms with E-state index in [2.05, 4.69) is 33.1 Å². The largest absolute Gasteiger partial charge is 0.103 e. The number of allylic oxidation sites excluding steroid dienone is 2. The molecule has 0 aliphatic heterocycles. The van der Waals surface area contributed by atoms with E-state index in [4.69, 9.17) is 0 Å². The Balaban J connectivity index is 3.66. The standard InChI is InChI=1S/C12H22/c1-5-8-9-12(7-3)10-11(4)6-2/h6-7,11-12H,2-3,5,8-10H2,1,4H3. The van der Waals surface area contributed by atoms with Crippen LogP contribution in [0.3, 0.4) is 0 Å². The molecular weight excluding hydrogens is 144 g/mol. The predicted molar refractivity (Wildman–Crippen MR) is 57.2 cm³/mol. The van der Waals surface area contributed by atoms with Gasteiger partial charge in [-0.3, -0.25) is 0 Å². The van der Waals surface area contributed by atoms with Gasteiger partial charge in [0.1, 0.15) is 0 Å². The third-order valence-electron chi connectivity index (χ3n) is 2.34. The fourth-order valence-electron chi connectivity index (χ4n) is 1.37. The van der Waals surface area contributed by atoms with E-state index in [1.807, 2.05) is 6.08 Å². The van der Waals surface area contributed by atoms with E-state index in [1.165, 1.54) is 25.7 Å². The van der Waals surface area contributed by atoms with Crippen LogP contribution in [0.5, 0.6) is 0 Å². The maximum atomic E-state index is 3.87. The van der Waals surface area contributed by atoms with Gasteiger partial charge in [-0.15, -0.1) is 13.2 Å². The van der Waals surface area contributed by atoms with Gasteiger partial charge in [-0.05, 0) is 24.7 Å². The Morgan fingerprint density at radius 1 is 1.25 bits per heavy atom. The van der Waals surface area contributed by atoms with Crippen molar-refractivity contribution in [1.29, 1.82) is 0 Å². The first-order chi connectivity index (χ1) is 5.74. The second kappa shape index (κ2) is 7.15. The van der Waals surface area contributed by atoms with Crippen molar-refractivity contribution in [3.63, 3.8) is 0 Å². The lowest BCUT2D eigenvalue weighted by Gasteiger charge is -2.14. The van der Waals surface area contributed by atoms with Crippen LogP contribution in [0.4, 0.5) is 0 Å². The van der Waals surface area contributed by atoms with E-state index in [0.29, 0.717) is 11.8 Å². The minimum atomic E-state index is 0.629. The lowest BCUT2D eigenvalue weighted by molar-refractivity contribution is 0.465. The molecule has 70 valence electrons. The molecule has 0 heterocycles. The molecule has 0 heteroatoms. The van der Waals surface area contributed by atoms with Crippen LogP contribution in [-0.4, -0.2) is 0 Å². The molecule has 0 aliphatic carbocycles. The molecule has 0 N–H and O–H groups in total. The smallest absolute Gasteiger partial charge is 0.0231 e. The van der Waals surface area contributed by atoms with Crippen LogP contribution in [0.25, 0.3) is 0 Å². The second-order valence-electron chi connectivity index (χ2n) is 3.59. The van der Waals surface area contributed by atoms with E-state index in [-0.39, 0.29) is 0 Å². The van der Waals surface area contributed by atoms with Crippen LogP contribution in [-0.2, 0) is 0 Å². The van der Waals surface area contributed by atoms with Gasteiger partial charge in [0.25, 0.3) is 0 Å². The normalized spacial score (nSPS) is 15.2. The van der Waals surface area contributed by atoms with Gasteiger partial charge in [0.15, 0.2) is 0 Å². The molecule has 2 unspecified atom stereocenters. The van der Waals surface area contributed by atoms with E-state index in [1.54, 1.807) is 0 Å². The summed E-state index contributed by atoms with van der Waals surface area (Å²) in [5, 5.41) is 0. The highest BCUT2D eigenvalue weighted by Gasteiger charge is 2.06. The Labute approximate surface area is 77.4 Å². The summed E-state index contributed by atoms with van der Waals surface area (Å²) < 4.78 is 0. The highest BCUT2D eigenvalue weighted by atomic mass is 14.1. The van der Waals surface area contributed by atoms with Gasteiger partial charge < -0.3 is 0 Å². The number of hydrogen-bond donors (Lipinski definition) is 0. The molecule has 0 aromatic carbocycles. The molecule has 0 aromatic heterocycles. The Morgan fingerprint density at radius 3 is 2.33 bits per heavy atom. The Bertz CT molecular complexity index is 124. The Hall–Kier alpha value is -0.520. The lowest BCUT2D eigenvalue weighted by Crippen LogP contribution is -2.01. The zero-order valence-electron chi connectivity index (χ0n) is 8.55. The summed E-state index contributed by atoms with van der Waals surface area (Å²) in [4.78, 5) is 0. The summed E-state index contributed by atoms with van der Waals surface area (Å²) in [6.07, 6.45) is 9.23. The Kier molecular flexibility index (Phi) is 6.84. The first-order valence-corrected chi connectivity index (χ1v) is 4.99. The van der Waals surface area contributed by atoms with Gasteiger partial charge in [0.05, 0.1) is 0 Å². The minimum Gasteiger partial charge on any atom is -0.103 e. The summed E-state index contributed by atoms with van der Waals surface area (Å²) in [5.74, 6) is 1.32. The van der Waals surface area contributed by atoms with Gasteiger partial charge in [0, 0.05) is 0 Å². The molecule has 0 radical (unpaired) electrons. The van der Waals surface area contributed by atoms with Crippen molar-refractivity contribution >= 4 is 0 Å². The average Bonchev–Trinajstić information content (AvgIpc) is 2.11. The van der Waals surface area contributed by atoms with Gasteiger partial charge in [-0.1, -0.05) is 38.8 Å². The topological polar surface area (TPSA) is 0 Å². The van der Waals surface area contributed by atoms with E-state index >= 15 is 0 Å². The van der Waals surface area contributed by atoms with Crippen LogP contribution in [0, 0.1) is 11.8 Å². The van der Waals surface area contributed by atoms with E-state index in [9.17, 15) is 0 Å². The lowest BCUT2D eigenvalue weighted by atomic mass is 9.92. The summed E-state index contributed by atoms with van der Waals surface area (Å²) in [6.45, 7) is 12.1. The molecular formula is C12H22. The molecule has 0 aliphatic rings. The van der Waals surface area contributed by atoms with Gasteiger partial charge in [-0.25, -0.2) is 0 Å². The zero-order chi connectivity index (χ0) is 9.40. The van der Waals surface area contributed by atoms with Gasteiger partial charge >= 0.3 is 0 Å². The molecule has 0 bridgehead atoms. The first-order valence-electron chi connectivity index (χ1n) is 4.99. The molecule has 0 saturated heterocycles. The zero-order valence-corrected chi connectivity index (χ0v) is 8.55. The van der Waals surface area contributed by atoms with Crippen LogP contribution in [0.15, 0.2) is 25.3 Å². The minimum absolute atomic E-state index is 0.629. The monoisotopic (exact) mass is 166 g/mol. The molecule has 0 spiro atoms. The van der Waals surface area contributed by atoms with Crippen LogP contribution in [0.1, 0.15) is 39.5 Å². The number of unbranched alkanes of at least 4 members (excludes halogenated alkanes) is 1. The van der Waals surface area contributed by atoms with Crippen molar-refractivity contribution in [3.05, 3.63) is 25.3 Å². The van der Waals surface area contributed by atoms with Crippen molar-refractivity contribution in [2.24, 2.45) is 11.8 Å². The van der Waals surface area contributed by atoms with Crippen molar-refractivity contribution in [3.8, 4) is 0 Å². The molecule has 0 aromatic rings. The van der Waals surface area contributed by atoms with E-state index in [0.717, 1.165) is 0 Å². The van der Waals surface area contributed by atoms with Gasteiger partial charge in [0.2, 0.25) is 0 Å². The summed E-state index contributed by atoms with van der Waals surface area (Å²) in [5.41, 5.74) is 0. The third-order valence-corrected chi connectivity index (χ3v) is 2.34. The summed E-state index contributed by atoms with van der Waals surface area (Å²) >= 11 is 0. The predicted octanol–water partition coefficient (Wildman–Crippen LogP) is 4.19. The maximum absolute atomic E-state index is 3.87. The molecule has 0 nitrogen and oxygen atoms in total. The summed E-state index contributed by atoms with van der Waals surface area (Å²) in [7, 11) is 0. The van der Waals surface area contributed by atoms with E-state index < -0.39 is 0 Å². The number of rotatable bonds is 7. The van der Waals surface area contributed by atoms with Crippen LogP contribution < -0.4 is 0 Å². The Morgan fingerprint density at radius 2 is 1.92 bits per heavy atom. The maximum Gasteiger partial charge on any atom is -0.0231 e. The van der Waals surface area contributed by atoms with Crippen LogP contribution in [0.2, 0.25) is 0 Å². The SMILES string of the molecule is C=CC(C)CC(C=C)CCCC. The first kappa shape index (κ1) is 11.5. The quantitative estimate of drug-likeness (QED) is 0.497. The molecule has 0 amide bonds. The van der Waals surface area contributed by atoms with Crippen molar-refractivity contribution in [2.75, 3.05) is 0 Å². The fraction of sp³-hybridized carbons (Fsp3) is 0.667. The third kappa shape index (κ3) is 5.17.